The molecule has 0 aromatic heterocycles. The van der Waals surface area contributed by atoms with Crippen molar-refractivity contribution in [2.24, 2.45) is 11.7 Å². The Labute approximate surface area is 125 Å². The van der Waals surface area contributed by atoms with Gasteiger partial charge in [-0.1, -0.05) is 0 Å². The van der Waals surface area contributed by atoms with Crippen LogP contribution >= 0.6 is 0 Å². The average Bonchev–Trinajstić information content (AvgIpc) is 3.15. The molecule has 1 saturated carbocycles. The van der Waals surface area contributed by atoms with Crippen molar-refractivity contribution in [2.45, 2.75) is 25.3 Å². The van der Waals surface area contributed by atoms with E-state index in [1.54, 1.807) is 4.31 Å². The Balaban J connectivity index is 2.09. The van der Waals surface area contributed by atoms with E-state index >= 15 is 0 Å². The summed E-state index contributed by atoms with van der Waals surface area (Å²) in [7, 11) is -3.65. The first-order valence-electron chi connectivity index (χ1n) is 7.34. The molecule has 1 aliphatic carbocycles. The first kappa shape index (κ1) is 16.6. The van der Waals surface area contributed by atoms with Gasteiger partial charge in [0.05, 0.1) is 12.5 Å². The number of hydrogen-bond donors (Lipinski definition) is 3. The van der Waals surface area contributed by atoms with Gasteiger partial charge < -0.3 is 16.2 Å². The van der Waals surface area contributed by atoms with Crippen molar-refractivity contribution in [2.75, 3.05) is 39.3 Å². The highest BCUT2D eigenvalue weighted by atomic mass is 32.2. The molecule has 1 aliphatic heterocycles. The van der Waals surface area contributed by atoms with Gasteiger partial charge in [0.2, 0.25) is 0 Å². The van der Waals surface area contributed by atoms with E-state index in [4.69, 9.17) is 10.8 Å². The van der Waals surface area contributed by atoms with E-state index < -0.39 is 16.2 Å². The lowest BCUT2D eigenvalue weighted by atomic mass is 10.2. The largest absolute Gasteiger partial charge is 0.481 e. The Morgan fingerprint density at radius 3 is 2.38 bits per heavy atom. The van der Waals surface area contributed by atoms with Gasteiger partial charge in [0, 0.05) is 39.3 Å². The maximum absolute atomic E-state index is 12.8. The Morgan fingerprint density at radius 2 is 1.95 bits per heavy atom. The summed E-state index contributed by atoms with van der Waals surface area (Å²) < 4.78 is 28.4. The van der Waals surface area contributed by atoms with Gasteiger partial charge in [-0.2, -0.15) is 17.0 Å². The van der Waals surface area contributed by atoms with Crippen LogP contribution in [0.4, 0.5) is 0 Å². The quantitative estimate of drug-likeness (QED) is 0.458. The van der Waals surface area contributed by atoms with Gasteiger partial charge in [-0.3, -0.25) is 4.79 Å². The van der Waals surface area contributed by atoms with Gasteiger partial charge in [0.15, 0.2) is 0 Å². The summed E-state index contributed by atoms with van der Waals surface area (Å²) in [5.74, 6) is -0.564. The van der Waals surface area contributed by atoms with Gasteiger partial charge in [-0.25, -0.2) is 0 Å². The Bertz CT molecular complexity index is 462. The fourth-order valence-electron chi connectivity index (χ4n) is 2.32. The summed E-state index contributed by atoms with van der Waals surface area (Å²) in [6, 6.07) is -0.0271. The lowest BCUT2D eigenvalue weighted by Crippen LogP contribution is -2.62. The van der Waals surface area contributed by atoms with Crippen LogP contribution in [0.25, 0.3) is 0 Å². The highest BCUT2D eigenvalue weighted by Gasteiger charge is 2.40. The minimum Gasteiger partial charge on any atom is -0.481 e. The number of nitrogens with two attached hydrogens (primary N) is 1. The summed E-state index contributed by atoms with van der Waals surface area (Å²) in [6.45, 7) is 2.14. The molecule has 1 saturated heterocycles. The van der Waals surface area contributed by atoms with Gasteiger partial charge in [-0.05, 0) is 18.8 Å². The van der Waals surface area contributed by atoms with E-state index in [0.717, 1.165) is 12.8 Å². The van der Waals surface area contributed by atoms with E-state index in [1.807, 2.05) is 0 Å². The third-order valence-electron chi connectivity index (χ3n) is 3.88. The van der Waals surface area contributed by atoms with E-state index in [-0.39, 0.29) is 32.1 Å². The highest BCUT2D eigenvalue weighted by molar-refractivity contribution is 7.86. The van der Waals surface area contributed by atoms with Crippen LogP contribution in [0.1, 0.15) is 19.3 Å². The van der Waals surface area contributed by atoms with Crippen LogP contribution in [0.3, 0.4) is 0 Å². The molecule has 0 amide bonds. The van der Waals surface area contributed by atoms with E-state index in [1.165, 1.54) is 4.31 Å². The predicted molar refractivity (Wildman–Crippen MR) is 77.9 cm³/mol. The first-order chi connectivity index (χ1) is 9.95. The fourth-order valence-corrected chi connectivity index (χ4v) is 4.20. The molecule has 0 bridgehead atoms. The molecule has 2 fully saturated rings. The highest BCUT2D eigenvalue weighted by Crippen LogP contribution is 2.32. The average molecular weight is 320 g/mol. The Morgan fingerprint density at radius 1 is 1.29 bits per heavy atom. The second-order valence-corrected chi connectivity index (χ2v) is 7.55. The molecule has 0 atom stereocenters. The minimum atomic E-state index is -3.65. The van der Waals surface area contributed by atoms with Crippen LogP contribution < -0.4 is 11.1 Å². The molecule has 4 N–H and O–H groups in total. The molecule has 0 spiro atoms. The van der Waals surface area contributed by atoms with Crippen molar-refractivity contribution in [3.63, 3.8) is 0 Å². The summed E-state index contributed by atoms with van der Waals surface area (Å²) in [6.07, 6.45) is 1.93. The van der Waals surface area contributed by atoms with Crippen molar-refractivity contribution in [1.82, 2.24) is 13.9 Å². The topological polar surface area (TPSA) is 116 Å². The number of aliphatic carboxylic acids is 1. The summed E-state index contributed by atoms with van der Waals surface area (Å²) in [4.78, 5) is 10.7. The maximum atomic E-state index is 12.8. The number of carbonyl (C=O) groups is 1. The van der Waals surface area contributed by atoms with Crippen LogP contribution in [0.2, 0.25) is 0 Å². The number of carboxylic acid groups (broad SMARTS) is 1. The van der Waals surface area contributed by atoms with Crippen LogP contribution in [-0.4, -0.2) is 73.4 Å². The number of nitrogens with zero attached hydrogens (tertiary/aromatic N) is 2. The predicted octanol–water partition coefficient (Wildman–Crippen LogP) is -1.35. The maximum Gasteiger partial charge on any atom is 0.304 e. The van der Waals surface area contributed by atoms with Crippen molar-refractivity contribution in [3.05, 3.63) is 0 Å². The lowest BCUT2D eigenvalue weighted by Gasteiger charge is -2.39. The number of rotatable bonds is 10. The second-order valence-electron chi connectivity index (χ2n) is 5.66. The molecule has 1 heterocycles. The molecule has 122 valence electrons. The molecular formula is C12H24N4O4S. The molecule has 8 nitrogen and oxygen atoms in total. The van der Waals surface area contributed by atoms with E-state index in [0.29, 0.717) is 25.6 Å². The van der Waals surface area contributed by atoms with Gasteiger partial charge >= 0.3 is 5.97 Å². The van der Waals surface area contributed by atoms with Crippen molar-refractivity contribution in [3.8, 4) is 0 Å². The van der Waals surface area contributed by atoms with Crippen LogP contribution in [0.5, 0.6) is 0 Å². The molecule has 0 radical (unpaired) electrons. The molecule has 2 aliphatic rings. The smallest absolute Gasteiger partial charge is 0.304 e. The Hall–Kier alpha value is -0.740. The molecule has 2 rings (SSSR count). The van der Waals surface area contributed by atoms with Crippen LogP contribution in [-0.2, 0) is 15.0 Å². The molecule has 0 aromatic rings. The van der Waals surface area contributed by atoms with Crippen molar-refractivity contribution < 1.29 is 18.3 Å². The summed E-state index contributed by atoms with van der Waals surface area (Å²) >= 11 is 0. The van der Waals surface area contributed by atoms with Crippen LogP contribution in [0.15, 0.2) is 0 Å². The summed E-state index contributed by atoms with van der Waals surface area (Å²) in [5, 5.41) is 11.9. The second kappa shape index (κ2) is 7.01. The number of carboxylic acids is 1. The lowest BCUT2D eigenvalue weighted by molar-refractivity contribution is -0.137. The van der Waals surface area contributed by atoms with E-state index in [9.17, 15) is 13.2 Å². The third-order valence-corrected chi connectivity index (χ3v) is 5.94. The fraction of sp³-hybridized carbons (Fsp3) is 0.917. The van der Waals surface area contributed by atoms with Crippen molar-refractivity contribution >= 4 is 16.2 Å². The monoisotopic (exact) mass is 320 g/mol. The SMILES string of the molecule is NCCN(CCC(=O)O)S(=O)(=O)N(CC1CC1)C1CNC1. The number of nitrogens with one attached hydrogen (secondary N) is 1. The standard InChI is InChI=1S/C12H24N4O4S/c13-4-6-15(5-3-12(17)18)21(19,20)16(9-10-1-2-10)11-7-14-8-11/h10-11,14H,1-9,13H2,(H,17,18). The van der Waals surface area contributed by atoms with Gasteiger partial charge in [-0.15, -0.1) is 0 Å². The van der Waals surface area contributed by atoms with E-state index in [2.05, 4.69) is 5.32 Å². The molecular weight excluding hydrogens is 296 g/mol. The zero-order valence-electron chi connectivity index (χ0n) is 12.1. The Kier molecular flexibility index (Phi) is 5.55. The zero-order chi connectivity index (χ0) is 15.5. The molecule has 9 heteroatoms. The van der Waals surface area contributed by atoms with Crippen molar-refractivity contribution in [1.29, 1.82) is 0 Å². The van der Waals surface area contributed by atoms with Gasteiger partial charge in [0.1, 0.15) is 0 Å². The van der Waals surface area contributed by atoms with Gasteiger partial charge in [0.25, 0.3) is 10.2 Å². The first-order valence-corrected chi connectivity index (χ1v) is 8.74. The third kappa shape index (κ3) is 4.36. The molecule has 0 unspecified atom stereocenters. The minimum absolute atomic E-state index is 0.0271. The normalized spacial score (nSPS) is 20.0. The molecule has 21 heavy (non-hydrogen) atoms. The van der Waals surface area contributed by atoms with Crippen LogP contribution in [0, 0.1) is 5.92 Å². The molecule has 0 aromatic carbocycles. The number of hydrogen-bond acceptors (Lipinski definition) is 5. The summed E-state index contributed by atoms with van der Waals surface area (Å²) in [5.41, 5.74) is 5.48. The zero-order valence-corrected chi connectivity index (χ0v) is 12.9.